The van der Waals surface area contributed by atoms with Crippen molar-refractivity contribution in [2.75, 3.05) is 5.94 Å². The van der Waals surface area contributed by atoms with E-state index in [0.29, 0.717) is 22.4 Å². The zero-order chi connectivity index (χ0) is 13.0. The van der Waals surface area contributed by atoms with E-state index in [-0.39, 0.29) is 0 Å². The van der Waals surface area contributed by atoms with Crippen LogP contribution in [-0.2, 0) is 5.75 Å². The van der Waals surface area contributed by atoms with Crippen molar-refractivity contribution < 1.29 is 9.15 Å². The van der Waals surface area contributed by atoms with E-state index in [2.05, 4.69) is 61.4 Å². The maximum Gasteiger partial charge on any atom is 0.284 e. The molecule has 1 aromatic heterocycles. The lowest BCUT2D eigenvalue weighted by molar-refractivity contribution is 0.389. The first-order valence-corrected chi connectivity index (χ1v) is 8.58. The summed E-state index contributed by atoms with van der Waals surface area (Å²) >= 11 is 10.9. The monoisotopic (exact) mass is 506 g/mol. The lowest BCUT2D eigenvalue weighted by Gasteiger charge is -2.07. The molecule has 0 aliphatic rings. The first-order chi connectivity index (χ1) is 8.66. The van der Waals surface area contributed by atoms with Crippen molar-refractivity contribution in [1.29, 1.82) is 0 Å². The number of thioether (sulfide) groups is 1. The first-order valence-electron chi connectivity index (χ1n) is 4.86. The Morgan fingerprint density at radius 3 is 3.00 bits per heavy atom. The SMILES string of the molecule is S=c1[nH]nc(CSCOc2cccc(I)c2I)o1. The summed E-state index contributed by atoms with van der Waals surface area (Å²) in [4.78, 5) is 0.304. The molecule has 1 N–H and O–H groups in total. The molecule has 1 heterocycles. The Morgan fingerprint density at radius 1 is 1.44 bits per heavy atom. The van der Waals surface area contributed by atoms with Gasteiger partial charge < -0.3 is 9.15 Å². The number of nitrogens with zero attached hydrogens (tertiary/aromatic N) is 1. The number of aromatic nitrogens is 2. The molecule has 0 radical (unpaired) electrons. The number of H-pyrrole nitrogens is 1. The molecule has 0 amide bonds. The van der Waals surface area contributed by atoms with E-state index < -0.39 is 0 Å². The average molecular weight is 506 g/mol. The molecule has 0 aliphatic heterocycles. The van der Waals surface area contributed by atoms with Crippen LogP contribution in [0.1, 0.15) is 5.89 Å². The summed E-state index contributed by atoms with van der Waals surface area (Å²) < 4.78 is 13.2. The van der Waals surface area contributed by atoms with Crippen molar-refractivity contribution in [1.82, 2.24) is 10.2 Å². The van der Waals surface area contributed by atoms with Crippen LogP contribution in [0.2, 0.25) is 0 Å². The molecular weight excluding hydrogens is 498 g/mol. The predicted molar refractivity (Wildman–Crippen MR) is 90.4 cm³/mol. The topological polar surface area (TPSA) is 51.0 Å². The van der Waals surface area contributed by atoms with Crippen LogP contribution in [0.15, 0.2) is 22.6 Å². The molecule has 0 bridgehead atoms. The molecule has 1 aromatic carbocycles. The van der Waals surface area contributed by atoms with Gasteiger partial charge in [-0.05, 0) is 69.5 Å². The van der Waals surface area contributed by atoms with Crippen LogP contribution < -0.4 is 4.74 Å². The van der Waals surface area contributed by atoms with E-state index >= 15 is 0 Å². The molecule has 18 heavy (non-hydrogen) atoms. The second-order valence-electron chi connectivity index (χ2n) is 3.17. The Bertz CT molecular complexity index is 585. The number of nitrogens with one attached hydrogen (secondary N) is 1. The summed E-state index contributed by atoms with van der Waals surface area (Å²) in [5, 5.41) is 6.50. The molecule has 96 valence electrons. The summed E-state index contributed by atoms with van der Waals surface area (Å²) in [6, 6.07) is 6.00. The lowest BCUT2D eigenvalue weighted by atomic mass is 10.3. The first kappa shape index (κ1) is 14.6. The van der Waals surface area contributed by atoms with E-state index in [1.54, 1.807) is 11.8 Å². The number of aromatic amines is 1. The zero-order valence-electron chi connectivity index (χ0n) is 8.98. The third-order valence-electron chi connectivity index (χ3n) is 1.92. The lowest BCUT2D eigenvalue weighted by Crippen LogP contribution is -1.96. The molecule has 0 fully saturated rings. The summed E-state index contributed by atoms with van der Waals surface area (Å²) in [6.07, 6.45) is 0. The van der Waals surface area contributed by atoms with E-state index in [0.717, 1.165) is 9.32 Å². The maximum absolute atomic E-state index is 5.69. The zero-order valence-corrected chi connectivity index (χ0v) is 14.9. The molecular formula is C10H8I2N2O2S2. The minimum atomic E-state index is 0.304. The van der Waals surface area contributed by atoms with Crippen LogP contribution in [0.4, 0.5) is 0 Å². The van der Waals surface area contributed by atoms with Gasteiger partial charge in [0.2, 0.25) is 5.89 Å². The fourth-order valence-electron chi connectivity index (χ4n) is 1.15. The summed E-state index contributed by atoms with van der Waals surface area (Å²) in [5.74, 6) is 2.67. The molecule has 2 aromatic rings. The smallest absolute Gasteiger partial charge is 0.284 e. The predicted octanol–water partition coefficient (Wildman–Crippen LogP) is 4.21. The van der Waals surface area contributed by atoms with Crippen LogP contribution >= 0.6 is 69.2 Å². The van der Waals surface area contributed by atoms with Gasteiger partial charge in [-0.15, -0.1) is 16.9 Å². The second-order valence-corrected chi connectivity index (χ2v) is 6.71. The normalized spacial score (nSPS) is 10.6. The number of benzene rings is 1. The van der Waals surface area contributed by atoms with Crippen LogP contribution in [0.25, 0.3) is 0 Å². The summed E-state index contributed by atoms with van der Waals surface area (Å²) in [5.41, 5.74) is 0. The Morgan fingerprint density at radius 2 is 2.28 bits per heavy atom. The van der Waals surface area contributed by atoms with Crippen molar-refractivity contribution in [3.63, 3.8) is 0 Å². The number of halogens is 2. The number of hydrogen-bond donors (Lipinski definition) is 1. The number of ether oxygens (including phenoxy) is 1. The van der Waals surface area contributed by atoms with Gasteiger partial charge in [0.05, 0.1) is 9.32 Å². The Labute approximate surface area is 141 Å². The van der Waals surface area contributed by atoms with Gasteiger partial charge >= 0.3 is 0 Å². The molecule has 0 aliphatic carbocycles. The van der Waals surface area contributed by atoms with E-state index in [9.17, 15) is 0 Å². The van der Waals surface area contributed by atoms with Gasteiger partial charge in [-0.25, -0.2) is 5.10 Å². The maximum atomic E-state index is 5.69. The van der Waals surface area contributed by atoms with Crippen LogP contribution in [-0.4, -0.2) is 16.1 Å². The van der Waals surface area contributed by atoms with E-state index in [4.69, 9.17) is 21.4 Å². The fraction of sp³-hybridized carbons (Fsp3) is 0.200. The molecule has 0 unspecified atom stereocenters. The third-order valence-corrected chi connectivity index (χ3v) is 5.88. The van der Waals surface area contributed by atoms with Gasteiger partial charge in [0.15, 0.2) is 0 Å². The summed E-state index contributed by atoms with van der Waals surface area (Å²) in [7, 11) is 0. The van der Waals surface area contributed by atoms with Crippen molar-refractivity contribution in [2.45, 2.75) is 5.75 Å². The minimum absolute atomic E-state index is 0.304. The van der Waals surface area contributed by atoms with Gasteiger partial charge in [-0.3, -0.25) is 0 Å². The number of hydrogen-bond acceptors (Lipinski definition) is 5. The Balaban J connectivity index is 1.82. The average Bonchev–Trinajstić information content (AvgIpc) is 2.76. The molecule has 0 spiro atoms. The van der Waals surface area contributed by atoms with Gasteiger partial charge in [0.1, 0.15) is 11.7 Å². The summed E-state index contributed by atoms with van der Waals surface area (Å²) in [6.45, 7) is 0. The van der Waals surface area contributed by atoms with Crippen molar-refractivity contribution in [3.05, 3.63) is 36.1 Å². The second kappa shape index (κ2) is 7.10. The van der Waals surface area contributed by atoms with Gasteiger partial charge in [-0.2, -0.15) is 0 Å². The Hall–Kier alpha value is 0.190. The molecule has 0 saturated carbocycles. The van der Waals surface area contributed by atoms with Crippen molar-refractivity contribution in [2.24, 2.45) is 0 Å². The highest BCUT2D eigenvalue weighted by Crippen LogP contribution is 2.26. The molecule has 0 atom stereocenters. The fourth-order valence-corrected chi connectivity index (χ4v) is 2.87. The van der Waals surface area contributed by atoms with E-state index in [1.165, 1.54) is 3.57 Å². The van der Waals surface area contributed by atoms with Gasteiger partial charge in [0, 0.05) is 3.57 Å². The molecule has 0 saturated heterocycles. The van der Waals surface area contributed by atoms with Crippen LogP contribution in [0, 0.1) is 12.0 Å². The highest BCUT2D eigenvalue weighted by molar-refractivity contribution is 14.1. The third kappa shape index (κ3) is 4.10. The van der Waals surface area contributed by atoms with Crippen molar-refractivity contribution >= 4 is 69.2 Å². The van der Waals surface area contributed by atoms with Crippen LogP contribution in [0.3, 0.4) is 0 Å². The molecule has 4 nitrogen and oxygen atoms in total. The van der Waals surface area contributed by atoms with Gasteiger partial charge in [0.25, 0.3) is 4.84 Å². The largest absolute Gasteiger partial charge is 0.482 e. The van der Waals surface area contributed by atoms with Gasteiger partial charge in [-0.1, -0.05) is 6.07 Å². The highest BCUT2D eigenvalue weighted by atomic mass is 127. The quantitative estimate of drug-likeness (QED) is 0.285. The molecule has 8 heteroatoms. The molecule has 2 rings (SSSR count). The standard InChI is InChI=1S/C10H8I2N2O2S2/c11-6-2-1-3-7(9(6)12)15-5-18-4-8-13-14-10(17)16-8/h1-3H,4-5H2,(H,14,17). The van der Waals surface area contributed by atoms with Crippen molar-refractivity contribution in [3.8, 4) is 5.75 Å². The minimum Gasteiger partial charge on any atom is -0.482 e. The number of rotatable bonds is 5. The Kier molecular flexibility index (Phi) is 5.76. The highest BCUT2D eigenvalue weighted by Gasteiger charge is 2.05. The van der Waals surface area contributed by atoms with Crippen LogP contribution in [0.5, 0.6) is 5.75 Å². The van der Waals surface area contributed by atoms with E-state index in [1.807, 2.05) is 12.1 Å².